The Kier molecular flexibility index (Phi) is 5.94. The molecular weight excluding hydrogens is 424 g/mol. The Hall–Kier alpha value is -3.47. The molecule has 0 radical (unpaired) electrons. The maximum Gasteiger partial charge on any atom is 0.258 e. The summed E-state index contributed by atoms with van der Waals surface area (Å²) in [6.45, 7) is 7.19. The highest BCUT2D eigenvalue weighted by molar-refractivity contribution is 5.97. The average Bonchev–Trinajstić information content (AvgIpc) is 3.28. The molecule has 0 aliphatic carbocycles. The number of nitrogens with zero attached hydrogens (tertiary/aromatic N) is 2. The first-order valence-electron chi connectivity index (χ1n) is 12.2. The van der Waals surface area contributed by atoms with Crippen molar-refractivity contribution in [2.45, 2.75) is 52.1 Å². The normalized spacial score (nSPS) is 15.6. The fourth-order valence-electron chi connectivity index (χ4n) is 5.13. The van der Waals surface area contributed by atoms with Crippen LogP contribution in [0.3, 0.4) is 0 Å². The molecule has 2 aliphatic rings. The molecule has 5 rings (SSSR count). The van der Waals surface area contributed by atoms with E-state index in [1.807, 2.05) is 13.8 Å². The van der Waals surface area contributed by atoms with Crippen molar-refractivity contribution >= 4 is 11.6 Å². The molecule has 0 saturated carbocycles. The summed E-state index contributed by atoms with van der Waals surface area (Å²) >= 11 is 0. The van der Waals surface area contributed by atoms with Crippen LogP contribution in [0.25, 0.3) is 11.1 Å². The SMILES string of the molecule is CC(C)c1cc(C(=O)N2Cc3ccc(-c4ccc(N5CCCCC5)cc4)cc3C2)c(O)cc1O. The van der Waals surface area contributed by atoms with Crippen molar-refractivity contribution in [3.05, 3.63) is 76.9 Å². The van der Waals surface area contributed by atoms with E-state index in [0.29, 0.717) is 18.7 Å². The highest BCUT2D eigenvalue weighted by atomic mass is 16.3. The van der Waals surface area contributed by atoms with Crippen LogP contribution in [0.15, 0.2) is 54.6 Å². The van der Waals surface area contributed by atoms with E-state index in [2.05, 4.69) is 47.4 Å². The summed E-state index contributed by atoms with van der Waals surface area (Å²) in [7, 11) is 0. The maximum absolute atomic E-state index is 13.2. The molecule has 0 atom stereocenters. The molecule has 0 bridgehead atoms. The Balaban J connectivity index is 1.34. The first-order valence-corrected chi connectivity index (χ1v) is 12.2. The van der Waals surface area contributed by atoms with E-state index in [1.165, 1.54) is 36.6 Å². The van der Waals surface area contributed by atoms with Gasteiger partial charge in [-0.15, -0.1) is 0 Å². The molecular formula is C29H32N2O3. The lowest BCUT2D eigenvalue weighted by atomic mass is 9.98. The third-order valence-corrected chi connectivity index (χ3v) is 7.14. The lowest BCUT2D eigenvalue weighted by Crippen LogP contribution is -2.29. The number of piperidine rings is 1. The highest BCUT2D eigenvalue weighted by Crippen LogP contribution is 2.35. The summed E-state index contributed by atoms with van der Waals surface area (Å²) in [6.07, 6.45) is 3.86. The van der Waals surface area contributed by atoms with Crippen LogP contribution in [0.4, 0.5) is 5.69 Å². The van der Waals surface area contributed by atoms with E-state index in [1.54, 1.807) is 11.0 Å². The molecule has 1 saturated heterocycles. The first kappa shape index (κ1) is 22.3. The van der Waals surface area contributed by atoms with Crippen LogP contribution in [0, 0.1) is 0 Å². The number of amides is 1. The van der Waals surface area contributed by atoms with E-state index in [4.69, 9.17) is 0 Å². The van der Waals surface area contributed by atoms with Gasteiger partial charge < -0.3 is 20.0 Å². The number of phenolic OH excluding ortho intramolecular Hbond substituents is 2. The van der Waals surface area contributed by atoms with Gasteiger partial charge in [-0.25, -0.2) is 0 Å². The fraction of sp³-hybridized carbons (Fsp3) is 0.345. The van der Waals surface area contributed by atoms with E-state index >= 15 is 0 Å². The molecule has 0 spiro atoms. The molecule has 5 nitrogen and oxygen atoms in total. The van der Waals surface area contributed by atoms with E-state index < -0.39 is 0 Å². The maximum atomic E-state index is 13.2. The Morgan fingerprint density at radius 3 is 2.18 bits per heavy atom. The number of fused-ring (bicyclic) bond motifs is 1. The number of hydrogen-bond donors (Lipinski definition) is 2. The summed E-state index contributed by atoms with van der Waals surface area (Å²) in [5, 5.41) is 20.5. The standard InChI is InChI=1S/C29H32N2O3/c1-19(2)25-15-26(28(33)16-27(25)32)29(34)31-17-22-7-6-21(14-23(22)18-31)20-8-10-24(11-9-20)30-12-4-3-5-13-30/h6-11,14-16,19,32-33H,3-5,12-13,17-18H2,1-2H3. The quantitative estimate of drug-likeness (QED) is 0.503. The topological polar surface area (TPSA) is 64.0 Å². The van der Waals surface area contributed by atoms with Crippen LogP contribution in [0.1, 0.15) is 66.1 Å². The molecule has 1 fully saturated rings. The summed E-state index contributed by atoms with van der Waals surface area (Å²) in [6, 6.07) is 18.1. The Morgan fingerprint density at radius 1 is 0.794 bits per heavy atom. The van der Waals surface area contributed by atoms with Crippen molar-refractivity contribution in [2.24, 2.45) is 0 Å². The van der Waals surface area contributed by atoms with Crippen molar-refractivity contribution in [3.63, 3.8) is 0 Å². The Labute approximate surface area is 201 Å². The highest BCUT2D eigenvalue weighted by Gasteiger charge is 2.27. The smallest absolute Gasteiger partial charge is 0.258 e. The number of hydrogen-bond acceptors (Lipinski definition) is 4. The monoisotopic (exact) mass is 456 g/mol. The number of aromatic hydroxyl groups is 2. The average molecular weight is 457 g/mol. The van der Waals surface area contributed by atoms with E-state index in [9.17, 15) is 15.0 Å². The zero-order valence-electron chi connectivity index (χ0n) is 19.9. The summed E-state index contributed by atoms with van der Waals surface area (Å²) in [5.41, 5.74) is 6.77. The van der Waals surface area contributed by atoms with Gasteiger partial charge in [0, 0.05) is 37.9 Å². The second-order valence-corrected chi connectivity index (χ2v) is 9.82. The molecule has 1 amide bonds. The van der Waals surface area contributed by atoms with Gasteiger partial charge in [0.25, 0.3) is 5.91 Å². The van der Waals surface area contributed by atoms with Gasteiger partial charge in [-0.1, -0.05) is 38.1 Å². The number of phenols is 2. The lowest BCUT2D eigenvalue weighted by molar-refractivity contribution is 0.0748. The summed E-state index contributed by atoms with van der Waals surface area (Å²) in [5.74, 6) is -0.336. The van der Waals surface area contributed by atoms with E-state index in [0.717, 1.165) is 29.8 Å². The summed E-state index contributed by atoms with van der Waals surface area (Å²) < 4.78 is 0. The predicted octanol–water partition coefficient (Wildman–Crippen LogP) is 6.03. The minimum absolute atomic E-state index is 0.0182. The van der Waals surface area contributed by atoms with Crippen LogP contribution < -0.4 is 4.90 Å². The van der Waals surface area contributed by atoms with Crippen molar-refractivity contribution in [1.82, 2.24) is 4.90 Å². The molecule has 0 unspecified atom stereocenters. The molecule has 2 heterocycles. The minimum atomic E-state index is -0.219. The van der Waals surface area contributed by atoms with Gasteiger partial charge in [-0.3, -0.25) is 4.79 Å². The first-order chi connectivity index (χ1) is 16.4. The molecule has 176 valence electrons. The van der Waals surface area contributed by atoms with Crippen molar-refractivity contribution in [2.75, 3.05) is 18.0 Å². The van der Waals surface area contributed by atoms with E-state index in [-0.39, 0.29) is 28.9 Å². The molecule has 0 aromatic heterocycles. The lowest BCUT2D eigenvalue weighted by Gasteiger charge is -2.28. The summed E-state index contributed by atoms with van der Waals surface area (Å²) in [4.78, 5) is 17.5. The Morgan fingerprint density at radius 2 is 1.47 bits per heavy atom. The van der Waals surface area contributed by atoms with Gasteiger partial charge in [0.2, 0.25) is 0 Å². The van der Waals surface area contributed by atoms with Gasteiger partial charge in [-0.2, -0.15) is 0 Å². The van der Waals surface area contributed by atoms with Gasteiger partial charge in [-0.05, 0) is 77.3 Å². The van der Waals surface area contributed by atoms with Gasteiger partial charge in [0.05, 0.1) is 5.56 Å². The van der Waals surface area contributed by atoms with Crippen molar-refractivity contribution < 1.29 is 15.0 Å². The fourth-order valence-corrected chi connectivity index (χ4v) is 5.13. The molecule has 2 aliphatic heterocycles. The van der Waals surface area contributed by atoms with Gasteiger partial charge >= 0.3 is 0 Å². The number of carbonyl (C=O) groups excluding carboxylic acids is 1. The molecule has 2 N–H and O–H groups in total. The predicted molar refractivity (Wildman–Crippen MR) is 135 cm³/mol. The number of benzene rings is 3. The van der Waals surface area contributed by atoms with Crippen LogP contribution >= 0.6 is 0 Å². The second kappa shape index (κ2) is 9.05. The van der Waals surface area contributed by atoms with Gasteiger partial charge in [0.15, 0.2) is 0 Å². The van der Waals surface area contributed by atoms with Gasteiger partial charge in [0.1, 0.15) is 11.5 Å². The van der Waals surface area contributed by atoms with Crippen LogP contribution in [-0.2, 0) is 13.1 Å². The molecule has 3 aromatic rings. The van der Waals surface area contributed by atoms with Crippen LogP contribution in [0.2, 0.25) is 0 Å². The Bertz CT molecular complexity index is 1210. The third kappa shape index (κ3) is 4.23. The van der Waals surface area contributed by atoms with Crippen LogP contribution in [-0.4, -0.2) is 34.1 Å². The molecule has 34 heavy (non-hydrogen) atoms. The van der Waals surface area contributed by atoms with Crippen molar-refractivity contribution in [1.29, 1.82) is 0 Å². The zero-order chi connectivity index (χ0) is 23.8. The van der Waals surface area contributed by atoms with Crippen LogP contribution in [0.5, 0.6) is 11.5 Å². The minimum Gasteiger partial charge on any atom is -0.508 e. The molecule has 5 heteroatoms. The number of anilines is 1. The molecule has 3 aromatic carbocycles. The number of rotatable bonds is 4. The zero-order valence-corrected chi connectivity index (χ0v) is 19.9. The van der Waals surface area contributed by atoms with Crippen molar-refractivity contribution in [3.8, 4) is 22.6 Å². The second-order valence-electron chi connectivity index (χ2n) is 9.82. The largest absolute Gasteiger partial charge is 0.508 e. The number of carbonyl (C=O) groups is 1. The third-order valence-electron chi connectivity index (χ3n) is 7.14.